The lowest BCUT2D eigenvalue weighted by atomic mass is 9.76. The van der Waals surface area contributed by atoms with E-state index in [1.165, 1.54) is 25.7 Å². The third-order valence-electron chi connectivity index (χ3n) is 7.56. The average Bonchev–Trinajstić information content (AvgIpc) is 3.29. The summed E-state index contributed by atoms with van der Waals surface area (Å²) in [6.45, 7) is 3.05. The third kappa shape index (κ3) is 3.08. The number of hydrogen-bond donors (Lipinski definition) is 0. The minimum Gasteiger partial charge on any atom is -0.360 e. The fourth-order valence-corrected chi connectivity index (χ4v) is 5.93. The molecule has 2 amide bonds. The summed E-state index contributed by atoms with van der Waals surface area (Å²) in [6, 6.07) is 4.20. The smallest absolute Gasteiger partial charge is 0.230 e. The van der Waals surface area contributed by atoms with E-state index in [4.69, 9.17) is 4.74 Å². The number of hydrogen-bond acceptors (Lipinski definition) is 4. The number of amides is 2. The molecule has 3 fully saturated rings. The number of aryl methyl sites for hydroxylation is 1. The van der Waals surface area contributed by atoms with E-state index >= 15 is 0 Å². The molecule has 2 saturated heterocycles. The topological polar surface area (TPSA) is 62.7 Å². The molecule has 0 N–H and O–H groups in total. The molecule has 1 aromatic heterocycles. The lowest BCUT2D eigenvalue weighted by molar-refractivity contribution is -0.143. The second kappa shape index (κ2) is 7.49. The molecule has 6 nitrogen and oxygen atoms in total. The number of carbonyl (C=O) groups excluding carboxylic acids is 2. The van der Waals surface area contributed by atoms with Gasteiger partial charge in [-0.3, -0.25) is 14.6 Å². The quantitative estimate of drug-likeness (QED) is 0.567. The van der Waals surface area contributed by atoms with Crippen LogP contribution in [0.15, 0.2) is 30.5 Å². The highest BCUT2D eigenvalue weighted by molar-refractivity contribution is 5.93. The highest BCUT2D eigenvalue weighted by Gasteiger charge is 2.67. The largest absolute Gasteiger partial charge is 0.360 e. The Balaban J connectivity index is 1.36. The lowest BCUT2D eigenvalue weighted by Crippen LogP contribution is -2.45. The van der Waals surface area contributed by atoms with Crippen molar-refractivity contribution in [2.45, 2.75) is 69.7 Å². The van der Waals surface area contributed by atoms with Crippen LogP contribution in [0.1, 0.15) is 49.8 Å². The zero-order valence-electron chi connectivity index (χ0n) is 17.9. The summed E-state index contributed by atoms with van der Waals surface area (Å²) < 4.78 is 6.33. The fourth-order valence-electron chi connectivity index (χ4n) is 5.93. The van der Waals surface area contributed by atoms with Gasteiger partial charge in [0, 0.05) is 19.3 Å². The number of likely N-dealkylation sites (tertiary alicyclic amines) is 1. The molecule has 6 heteroatoms. The van der Waals surface area contributed by atoms with Crippen LogP contribution in [0.4, 0.5) is 0 Å². The first-order valence-electron chi connectivity index (χ1n) is 11.3. The van der Waals surface area contributed by atoms with E-state index in [-0.39, 0.29) is 17.9 Å². The SMILES string of the molecule is Cc1cccnc1CN(C)C(=O)[C@H]1[C@@H]2C=C[C@@]3(CN(C4CCCCCC4)C(=O)[C@@H]13)O2. The number of fused-ring (bicyclic) bond motifs is 1. The summed E-state index contributed by atoms with van der Waals surface area (Å²) in [7, 11) is 1.81. The molecule has 5 rings (SSSR count). The van der Waals surface area contributed by atoms with Crippen molar-refractivity contribution >= 4 is 11.8 Å². The van der Waals surface area contributed by atoms with Gasteiger partial charge in [0.05, 0.1) is 36.7 Å². The average molecular weight is 410 g/mol. The Morgan fingerprint density at radius 2 is 2.07 bits per heavy atom. The van der Waals surface area contributed by atoms with E-state index in [1.54, 1.807) is 18.1 Å². The van der Waals surface area contributed by atoms with Crippen molar-refractivity contribution in [3.05, 3.63) is 41.7 Å². The Labute approximate surface area is 178 Å². The van der Waals surface area contributed by atoms with Gasteiger partial charge in [-0.1, -0.05) is 43.9 Å². The van der Waals surface area contributed by atoms with Crippen molar-refractivity contribution in [2.75, 3.05) is 13.6 Å². The summed E-state index contributed by atoms with van der Waals surface area (Å²) in [6.07, 6.45) is 12.5. The molecule has 4 aliphatic rings. The van der Waals surface area contributed by atoms with Gasteiger partial charge in [-0.2, -0.15) is 0 Å². The number of rotatable bonds is 4. The van der Waals surface area contributed by atoms with Crippen LogP contribution >= 0.6 is 0 Å². The van der Waals surface area contributed by atoms with Crippen LogP contribution in [-0.4, -0.2) is 57.9 Å². The van der Waals surface area contributed by atoms with Crippen LogP contribution in [-0.2, 0) is 20.9 Å². The Bertz CT molecular complexity index is 876. The predicted octanol–water partition coefficient (Wildman–Crippen LogP) is 2.85. The van der Waals surface area contributed by atoms with Gasteiger partial charge in [-0.25, -0.2) is 0 Å². The third-order valence-corrected chi connectivity index (χ3v) is 7.56. The zero-order valence-corrected chi connectivity index (χ0v) is 17.9. The summed E-state index contributed by atoms with van der Waals surface area (Å²) in [5.41, 5.74) is 1.34. The van der Waals surface area contributed by atoms with Gasteiger partial charge >= 0.3 is 0 Å². The molecule has 4 heterocycles. The number of ether oxygens (including phenoxy) is 1. The first-order valence-corrected chi connectivity index (χ1v) is 11.3. The van der Waals surface area contributed by atoms with E-state index in [1.807, 2.05) is 30.0 Å². The predicted molar refractivity (Wildman–Crippen MR) is 112 cm³/mol. The van der Waals surface area contributed by atoms with Gasteiger partial charge in [0.1, 0.15) is 5.60 Å². The molecular formula is C24H31N3O3. The van der Waals surface area contributed by atoms with Crippen molar-refractivity contribution in [3.8, 4) is 0 Å². The summed E-state index contributed by atoms with van der Waals surface area (Å²) >= 11 is 0. The van der Waals surface area contributed by atoms with Crippen molar-refractivity contribution in [1.82, 2.24) is 14.8 Å². The van der Waals surface area contributed by atoms with Crippen LogP contribution in [0.3, 0.4) is 0 Å². The minimum atomic E-state index is -0.615. The van der Waals surface area contributed by atoms with Crippen LogP contribution in [0, 0.1) is 18.8 Å². The summed E-state index contributed by atoms with van der Waals surface area (Å²) in [4.78, 5) is 35.2. The summed E-state index contributed by atoms with van der Waals surface area (Å²) in [5.74, 6) is -0.727. The summed E-state index contributed by atoms with van der Waals surface area (Å²) in [5, 5.41) is 0. The van der Waals surface area contributed by atoms with E-state index in [0.29, 0.717) is 19.1 Å². The maximum absolute atomic E-state index is 13.6. The highest BCUT2D eigenvalue weighted by Crippen LogP contribution is 2.53. The maximum Gasteiger partial charge on any atom is 0.230 e. The molecule has 0 unspecified atom stereocenters. The highest BCUT2D eigenvalue weighted by atomic mass is 16.5. The van der Waals surface area contributed by atoms with Crippen LogP contribution in [0.2, 0.25) is 0 Å². The van der Waals surface area contributed by atoms with Gasteiger partial charge in [-0.15, -0.1) is 0 Å². The molecular weight excluding hydrogens is 378 g/mol. The molecule has 4 atom stereocenters. The second-order valence-corrected chi connectivity index (χ2v) is 9.47. The maximum atomic E-state index is 13.6. The molecule has 160 valence electrons. The fraction of sp³-hybridized carbons (Fsp3) is 0.625. The first kappa shape index (κ1) is 19.7. The van der Waals surface area contributed by atoms with Crippen LogP contribution in [0.25, 0.3) is 0 Å². The molecule has 1 saturated carbocycles. The zero-order chi connectivity index (χ0) is 20.9. The molecule has 1 aliphatic carbocycles. The van der Waals surface area contributed by atoms with E-state index in [0.717, 1.165) is 24.1 Å². The molecule has 3 aliphatic heterocycles. The van der Waals surface area contributed by atoms with Crippen molar-refractivity contribution in [3.63, 3.8) is 0 Å². The van der Waals surface area contributed by atoms with E-state index < -0.39 is 17.4 Å². The Morgan fingerprint density at radius 1 is 1.30 bits per heavy atom. The Kier molecular flexibility index (Phi) is 4.92. The molecule has 1 spiro atoms. The standard InChI is InChI=1S/C24H31N3O3/c1-16-8-7-13-25-18(16)14-26(2)22(28)20-19-11-12-24(30-19)15-27(23(29)21(20)24)17-9-5-3-4-6-10-17/h7-8,11-13,17,19-21H,3-6,9-10,14-15H2,1-2H3/t19-,20-,21+,24-/m0/s1. The first-order chi connectivity index (χ1) is 14.5. The van der Waals surface area contributed by atoms with Gasteiger partial charge < -0.3 is 14.5 Å². The number of carbonyl (C=O) groups is 2. The van der Waals surface area contributed by atoms with E-state index in [9.17, 15) is 9.59 Å². The Morgan fingerprint density at radius 3 is 2.80 bits per heavy atom. The Hall–Kier alpha value is -2.21. The van der Waals surface area contributed by atoms with Crippen molar-refractivity contribution in [1.29, 1.82) is 0 Å². The normalized spacial score (nSPS) is 33.1. The molecule has 1 aromatic rings. The van der Waals surface area contributed by atoms with Gasteiger partial charge in [0.15, 0.2) is 0 Å². The van der Waals surface area contributed by atoms with Crippen LogP contribution in [0.5, 0.6) is 0 Å². The molecule has 0 aromatic carbocycles. The molecule has 0 radical (unpaired) electrons. The van der Waals surface area contributed by atoms with Gasteiger partial charge in [0.25, 0.3) is 0 Å². The lowest BCUT2D eigenvalue weighted by Gasteiger charge is -2.30. The molecule has 2 bridgehead atoms. The van der Waals surface area contributed by atoms with E-state index in [2.05, 4.69) is 11.1 Å². The van der Waals surface area contributed by atoms with Crippen molar-refractivity contribution < 1.29 is 14.3 Å². The van der Waals surface area contributed by atoms with Crippen LogP contribution < -0.4 is 0 Å². The number of pyridine rings is 1. The van der Waals surface area contributed by atoms with Gasteiger partial charge in [0.2, 0.25) is 11.8 Å². The van der Waals surface area contributed by atoms with Crippen molar-refractivity contribution in [2.24, 2.45) is 11.8 Å². The minimum absolute atomic E-state index is 0.0163. The number of nitrogens with zero attached hydrogens (tertiary/aromatic N) is 3. The van der Waals surface area contributed by atoms with Gasteiger partial charge in [-0.05, 0) is 31.4 Å². The number of aromatic nitrogens is 1. The second-order valence-electron chi connectivity index (χ2n) is 9.47. The monoisotopic (exact) mass is 409 g/mol. The molecule has 30 heavy (non-hydrogen) atoms.